The lowest BCUT2D eigenvalue weighted by atomic mass is 9.75. The van der Waals surface area contributed by atoms with Crippen LogP contribution in [0.15, 0.2) is 22.7 Å². The molecule has 1 N–H and O–H groups in total. The monoisotopic (exact) mass is 339 g/mol. The molecule has 0 amide bonds. The van der Waals surface area contributed by atoms with E-state index in [9.17, 15) is 0 Å². The van der Waals surface area contributed by atoms with E-state index in [4.69, 9.17) is 4.74 Å². The molecule has 3 heteroatoms. The van der Waals surface area contributed by atoms with Gasteiger partial charge in [0, 0.05) is 6.04 Å². The summed E-state index contributed by atoms with van der Waals surface area (Å²) in [5.74, 6) is 1.62. The highest BCUT2D eigenvalue weighted by Gasteiger charge is 2.39. The van der Waals surface area contributed by atoms with Gasteiger partial charge < -0.3 is 10.1 Å². The van der Waals surface area contributed by atoms with Crippen LogP contribution in [0.4, 0.5) is 0 Å². The van der Waals surface area contributed by atoms with Gasteiger partial charge in [0.2, 0.25) is 0 Å². The zero-order chi connectivity index (χ0) is 14.8. The molecular weight excluding hydrogens is 314 g/mol. The first-order valence-corrected chi connectivity index (χ1v) is 8.38. The summed E-state index contributed by atoms with van der Waals surface area (Å²) in [6, 6.07) is 6.90. The van der Waals surface area contributed by atoms with E-state index in [2.05, 4.69) is 60.3 Å². The van der Waals surface area contributed by atoms with Crippen molar-refractivity contribution >= 4 is 15.9 Å². The average Bonchev–Trinajstić information content (AvgIpc) is 2.74. The molecule has 1 fully saturated rings. The Labute approximate surface area is 131 Å². The van der Waals surface area contributed by atoms with Crippen molar-refractivity contribution in [1.29, 1.82) is 0 Å². The fraction of sp³-hybridized carbons (Fsp3) is 0.647. The molecule has 0 radical (unpaired) electrons. The number of ether oxygens (including phenoxy) is 1. The Balaban J connectivity index is 2.26. The van der Waals surface area contributed by atoms with Crippen molar-refractivity contribution in [3.63, 3.8) is 0 Å². The third kappa shape index (κ3) is 3.20. The summed E-state index contributed by atoms with van der Waals surface area (Å²) < 4.78 is 6.65. The average molecular weight is 340 g/mol. The van der Waals surface area contributed by atoms with Crippen LogP contribution in [0.2, 0.25) is 0 Å². The maximum absolute atomic E-state index is 5.60. The lowest BCUT2D eigenvalue weighted by molar-refractivity contribution is 0.203. The molecule has 2 unspecified atom stereocenters. The second-order valence-corrected chi connectivity index (χ2v) is 7.23. The molecule has 1 aliphatic rings. The van der Waals surface area contributed by atoms with Gasteiger partial charge in [-0.3, -0.25) is 0 Å². The maximum Gasteiger partial charge on any atom is 0.133 e. The lowest BCUT2D eigenvalue weighted by Gasteiger charge is -2.34. The Morgan fingerprint density at radius 1 is 1.45 bits per heavy atom. The highest BCUT2D eigenvalue weighted by atomic mass is 79.9. The van der Waals surface area contributed by atoms with E-state index in [1.807, 2.05) is 6.92 Å². The Bertz CT molecular complexity index is 458. The van der Waals surface area contributed by atoms with Crippen LogP contribution < -0.4 is 10.1 Å². The van der Waals surface area contributed by atoms with Crippen LogP contribution in [0, 0.1) is 11.3 Å². The minimum atomic E-state index is 0.415. The molecule has 2 rings (SSSR count). The largest absolute Gasteiger partial charge is 0.493 e. The molecule has 1 aromatic carbocycles. The van der Waals surface area contributed by atoms with Gasteiger partial charge in [-0.15, -0.1) is 0 Å². The summed E-state index contributed by atoms with van der Waals surface area (Å²) in [4.78, 5) is 0. The fourth-order valence-corrected chi connectivity index (χ4v) is 4.07. The molecule has 1 aromatic rings. The van der Waals surface area contributed by atoms with Gasteiger partial charge in [-0.05, 0) is 71.8 Å². The zero-order valence-corrected chi connectivity index (χ0v) is 14.6. The minimum absolute atomic E-state index is 0.415. The number of rotatable bonds is 5. The number of halogens is 1. The number of nitrogens with one attached hydrogen (secondary N) is 1. The van der Waals surface area contributed by atoms with E-state index in [0.717, 1.165) is 10.2 Å². The van der Waals surface area contributed by atoms with Crippen LogP contribution >= 0.6 is 15.9 Å². The first-order valence-electron chi connectivity index (χ1n) is 7.59. The molecule has 0 saturated heterocycles. The van der Waals surface area contributed by atoms with E-state index in [-0.39, 0.29) is 0 Å². The quantitative estimate of drug-likeness (QED) is 0.820. The van der Waals surface area contributed by atoms with E-state index in [1.165, 1.54) is 24.8 Å². The first kappa shape index (κ1) is 15.8. The topological polar surface area (TPSA) is 21.3 Å². The summed E-state index contributed by atoms with van der Waals surface area (Å²) >= 11 is 3.63. The van der Waals surface area contributed by atoms with E-state index >= 15 is 0 Å². The summed E-state index contributed by atoms with van der Waals surface area (Å²) in [6.45, 7) is 7.51. The van der Waals surface area contributed by atoms with E-state index < -0.39 is 0 Å². The van der Waals surface area contributed by atoms with Crippen LogP contribution in [-0.2, 0) is 0 Å². The zero-order valence-electron chi connectivity index (χ0n) is 13.0. The van der Waals surface area contributed by atoms with Gasteiger partial charge in [0.25, 0.3) is 0 Å². The smallest absolute Gasteiger partial charge is 0.133 e. The molecular formula is C17H26BrNO. The molecule has 1 saturated carbocycles. The van der Waals surface area contributed by atoms with Crippen LogP contribution in [0.5, 0.6) is 5.75 Å². The van der Waals surface area contributed by atoms with Crippen molar-refractivity contribution in [3.8, 4) is 5.75 Å². The molecule has 0 bridgehead atoms. The Morgan fingerprint density at radius 2 is 2.20 bits per heavy atom. The van der Waals surface area contributed by atoms with Crippen LogP contribution in [0.1, 0.15) is 51.6 Å². The highest BCUT2D eigenvalue weighted by molar-refractivity contribution is 9.10. The Morgan fingerprint density at radius 3 is 2.70 bits per heavy atom. The third-order valence-electron chi connectivity index (χ3n) is 4.67. The summed E-state index contributed by atoms with van der Waals surface area (Å²) in [6.07, 6.45) is 3.98. The highest BCUT2D eigenvalue weighted by Crippen LogP contribution is 2.49. The van der Waals surface area contributed by atoms with Crippen molar-refractivity contribution in [2.45, 2.75) is 46.1 Å². The van der Waals surface area contributed by atoms with Crippen LogP contribution in [-0.4, -0.2) is 13.7 Å². The van der Waals surface area contributed by atoms with Gasteiger partial charge in [0.15, 0.2) is 0 Å². The molecule has 2 nitrogen and oxygen atoms in total. The molecule has 0 spiro atoms. The van der Waals surface area contributed by atoms with Crippen molar-refractivity contribution in [2.24, 2.45) is 11.3 Å². The van der Waals surface area contributed by atoms with Crippen LogP contribution in [0.25, 0.3) is 0 Å². The molecule has 112 valence electrons. The van der Waals surface area contributed by atoms with Gasteiger partial charge in [-0.25, -0.2) is 0 Å². The van der Waals surface area contributed by atoms with Gasteiger partial charge >= 0.3 is 0 Å². The van der Waals surface area contributed by atoms with Crippen molar-refractivity contribution in [1.82, 2.24) is 5.32 Å². The van der Waals surface area contributed by atoms with E-state index in [0.29, 0.717) is 24.0 Å². The van der Waals surface area contributed by atoms with Crippen molar-refractivity contribution in [2.75, 3.05) is 13.7 Å². The van der Waals surface area contributed by atoms with Crippen molar-refractivity contribution < 1.29 is 4.74 Å². The van der Waals surface area contributed by atoms with E-state index in [1.54, 1.807) is 0 Å². The number of hydrogen-bond donors (Lipinski definition) is 1. The lowest BCUT2D eigenvalue weighted by Crippen LogP contribution is -2.32. The standard InChI is InChI=1S/C17H26BrNO/c1-5-20-15-9-8-12(11-14(15)18)16(19-4)13-7-6-10-17(13,2)3/h8-9,11,13,16,19H,5-7,10H2,1-4H3. The fourth-order valence-electron chi connectivity index (χ4n) is 3.55. The first-order chi connectivity index (χ1) is 9.49. The maximum atomic E-state index is 5.60. The predicted octanol–water partition coefficient (Wildman–Crippen LogP) is 4.93. The molecule has 0 heterocycles. The normalized spacial score (nSPS) is 22.8. The van der Waals surface area contributed by atoms with Gasteiger partial charge in [0.1, 0.15) is 5.75 Å². The predicted molar refractivity (Wildman–Crippen MR) is 88.2 cm³/mol. The van der Waals surface area contributed by atoms with Crippen LogP contribution in [0.3, 0.4) is 0 Å². The second kappa shape index (κ2) is 6.48. The van der Waals surface area contributed by atoms with Gasteiger partial charge in [-0.2, -0.15) is 0 Å². The number of benzene rings is 1. The Hall–Kier alpha value is -0.540. The number of hydrogen-bond acceptors (Lipinski definition) is 2. The van der Waals surface area contributed by atoms with Gasteiger partial charge in [0.05, 0.1) is 11.1 Å². The molecule has 0 aromatic heterocycles. The molecule has 1 aliphatic carbocycles. The summed E-state index contributed by atoms with van der Waals surface area (Å²) in [5, 5.41) is 3.53. The van der Waals surface area contributed by atoms with Crippen molar-refractivity contribution in [3.05, 3.63) is 28.2 Å². The molecule has 20 heavy (non-hydrogen) atoms. The molecule has 2 atom stereocenters. The summed E-state index contributed by atoms with van der Waals surface area (Å²) in [7, 11) is 2.07. The molecule has 0 aliphatic heterocycles. The summed E-state index contributed by atoms with van der Waals surface area (Å²) in [5.41, 5.74) is 1.77. The SMILES string of the molecule is CCOc1ccc(C(NC)C2CCCC2(C)C)cc1Br. The van der Waals surface area contributed by atoms with Gasteiger partial charge in [-0.1, -0.05) is 26.3 Å². The second-order valence-electron chi connectivity index (χ2n) is 6.38. The Kier molecular flexibility index (Phi) is 5.14. The third-order valence-corrected chi connectivity index (χ3v) is 5.29. The minimum Gasteiger partial charge on any atom is -0.493 e.